The Labute approximate surface area is 150 Å². The van der Waals surface area contributed by atoms with E-state index >= 15 is 0 Å². The highest BCUT2D eigenvalue weighted by atomic mass is 32.2. The molecule has 0 saturated heterocycles. The van der Waals surface area contributed by atoms with Gasteiger partial charge >= 0.3 is 10.1 Å². The number of benzene rings is 1. The van der Waals surface area contributed by atoms with E-state index in [0.29, 0.717) is 34.4 Å². The zero-order valence-electron chi connectivity index (χ0n) is 14.5. The van der Waals surface area contributed by atoms with Gasteiger partial charge in [0.15, 0.2) is 5.49 Å². The zero-order valence-corrected chi connectivity index (χ0v) is 15.3. The second-order valence-electron chi connectivity index (χ2n) is 5.80. The van der Waals surface area contributed by atoms with Crippen LogP contribution in [0.4, 0.5) is 0 Å². The van der Waals surface area contributed by atoms with Crippen molar-refractivity contribution in [1.82, 2.24) is 9.97 Å². The number of unbranched alkanes of at least 4 members (excludes halogenated alkanes) is 1. The summed E-state index contributed by atoms with van der Waals surface area (Å²) in [4.78, 5) is 22.7. The predicted octanol–water partition coefficient (Wildman–Crippen LogP) is 0.924. The molecule has 0 aliphatic carbocycles. The highest BCUT2D eigenvalue weighted by molar-refractivity contribution is 7.87. The van der Waals surface area contributed by atoms with Crippen molar-refractivity contribution >= 4 is 22.1 Å². The van der Waals surface area contributed by atoms with Gasteiger partial charge in [-0.15, -0.1) is 0 Å². The average Bonchev–Trinajstić information content (AvgIpc) is 3.02. The van der Waals surface area contributed by atoms with E-state index < -0.39 is 10.1 Å². The van der Waals surface area contributed by atoms with Crippen molar-refractivity contribution in [1.29, 1.82) is 0 Å². The first-order valence-corrected chi connectivity index (χ1v) is 9.78. The van der Waals surface area contributed by atoms with E-state index in [-0.39, 0.29) is 23.8 Å². The van der Waals surface area contributed by atoms with Gasteiger partial charge in [0, 0.05) is 12.5 Å². The van der Waals surface area contributed by atoms with Crippen molar-refractivity contribution in [3.05, 3.63) is 29.0 Å². The van der Waals surface area contributed by atoms with E-state index in [4.69, 9.17) is 8.92 Å². The number of H-pyrrole nitrogens is 1. The molecule has 0 saturated carbocycles. The summed E-state index contributed by atoms with van der Waals surface area (Å²) in [7, 11) is -2.17. The van der Waals surface area contributed by atoms with E-state index in [0.717, 1.165) is 6.42 Å². The SMILES string of the molecule is CCCCS(=O)(=O)Oc1ccc(-c2nc3c([nH]2)=CCC(=O)N=3)c(OC)c1. The van der Waals surface area contributed by atoms with Crippen LogP contribution < -0.4 is 19.8 Å². The number of imidazole rings is 1. The van der Waals surface area contributed by atoms with Gasteiger partial charge < -0.3 is 13.9 Å². The molecule has 0 unspecified atom stereocenters. The van der Waals surface area contributed by atoms with Gasteiger partial charge in [-0.3, -0.25) is 4.79 Å². The molecule has 1 amide bonds. The van der Waals surface area contributed by atoms with Gasteiger partial charge in [-0.25, -0.2) is 4.98 Å². The Morgan fingerprint density at radius 2 is 2.12 bits per heavy atom. The summed E-state index contributed by atoms with van der Waals surface area (Å²) in [5.74, 6) is 0.754. The van der Waals surface area contributed by atoms with Crippen LogP contribution in [0.3, 0.4) is 0 Å². The largest absolute Gasteiger partial charge is 0.496 e. The van der Waals surface area contributed by atoms with Crippen molar-refractivity contribution < 1.29 is 22.1 Å². The number of fused-ring (bicyclic) bond motifs is 1. The van der Waals surface area contributed by atoms with Crippen molar-refractivity contribution in [2.75, 3.05) is 12.9 Å². The maximum Gasteiger partial charge on any atom is 0.309 e. The molecule has 2 aromatic rings. The van der Waals surface area contributed by atoms with Crippen LogP contribution in [-0.4, -0.2) is 37.2 Å². The topological polar surface area (TPSA) is 111 Å². The molecule has 1 aliphatic heterocycles. The molecule has 0 bridgehead atoms. The van der Waals surface area contributed by atoms with Crippen molar-refractivity contribution in [2.45, 2.75) is 26.2 Å². The molecule has 0 atom stereocenters. The van der Waals surface area contributed by atoms with Crippen LogP contribution in [0.15, 0.2) is 23.2 Å². The number of amides is 1. The van der Waals surface area contributed by atoms with Crippen molar-refractivity contribution in [2.24, 2.45) is 4.99 Å². The fourth-order valence-corrected chi connectivity index (χ4v) is 3.64. The van der Waals surface area contributed by atoms with E-state index in [1.807, 2.05) is 6.92 Å². The Balaban J connectivity index is 1.93. The lowest BCUT2D eigenvalue weighted by molar-refractivity contribution is -0.117. The highest BCUT2D eigenvalue weighted by Gasteiger charge is 2.17. The molecule has 0 radical (unpaired) electrons. The van der Waals surface area contributed by atoms with Crippen LogP contribution in [0.25, 0.3) is 17.5 Å². The minimum atomic E-state index is -3.64. The van der Waals surface area contributed by atoms with Gasteiger partial charge in [0.05, 0.1) is 23.8 Å². The van der Waals surface area contributed by atoms with Gasteiger partial charge in [0.2, 0.25) is 0 Å². The molecule has 138 valence electrons. The van der Waals surface area contributed by atoms with Crippen LogP contribution in [0, 0.1) is 0 Å². The monoisotopic (exact) mass is 377 g/mol. The lowest BCUT2D eigenvalue weighted by Crippen LogP contribution is -2.29. The summed E-state index contributed by atoms with van der Waals surface area (Å²) in [6, 6.07) is 4.68. The molecule has 0 fully saturated rings. The normalized spacial score (nSPS) is 13.5. The second kappa shape index (κ2) is 7.28. The predicted molar refractivity (Wildman–Crippen MR) is 94.8 cm³/mol. The number of carbonyl (C=O) groups is 1. The summed E-state index contributed by atoms with van der Waals surface area (Å²) in [6.07, 6.45) is 3.26. The Morgan fingerprint density at radius 3 is 2.85 bits per heavy atom. The quantitative estimate of drug-likeness (QED) is 0.719. The first-order chi connectivity index (χ1) is 12.4. The number of rotatable bonds is 7. The van der Waals surface area contributed by atoms with Gasteiger partial charge in [-0.2, -0.15) is 13.4 Å². The number of carbonyl (C=O) groups excluding carboxylic acids is 1. The van der Waals surface area contributed by atoms with Crippen LogP contribution in [0.5, 0.6) is 11.5 Å². The summed E-state index contributed by atoms with van der Waals surface area (Å²) >= 11 is 0. The third-order valence-electron chi connectivity index (χ3n) is 3.82. The van der Waals surface area contributed by atoms with Crippen molar-refractivity contribution in [3.8, 4) is 22.9 Å². The summed E-state index contributed by atoms with van der Waals surface area (Å²) in [6.45, 7) is 1.91. The molecular weight excluding hydrogens is 358 g/mol. The summed E-state index contributed by atoms with van der Waals surface area (Å²) < 4.78 is 34.4. The zero-order chi connectivity index (χ0) is 18.7. The minimum absolute atomic E-state index is 0.0379. The molecule has 26 heavy (non-hydrogen) atoms. The molecule has 3 rings (SSSR count). The molecular formula is C17H19N3O5S. The van der Waals surface area contributed by atoms with Crippen LogP contribution in [0.2, 0.25) is 0 Å². The number of methoxy groups -OCH3 is 1. The minimum Gasteiger partial charge on any atom is -0.496 e. The molecule has 8 nitrogen and oxygen atoms in total. The van der Waals surface area contributed by atoms with E-state index in [1.165, 1.54) is 19.2 Å². The number of nitrogens with one attached hydrogen (secondary N) is 1. The molecule has 1 aliphatic rings. The van der Waals surface area contributed by atoms with Gasteiger partial charge in [0.1, 0.15) is 17.3 Å². The van der Waals surface area contributed by atoms with Gasteiger partial charge in [-0.1, -0.05) is 13.3 Å². The maximum atomic E-state index is 11.9. The number of hydrogen-bond acceptors (Lipinski definition) is 6. The molecule has 1 N–H and O–H groups in total. The average molecular weight is 377 g/mol. The smallest absolute Gasteiger partial charge is 0.309 e. The third-order valence-corrected chi connectivity index (χ3v) is 5.06. The number of aromatic amines is 1. The Kier molecular flexibility index (Phi) is 5.08. The van der Waals surface area contributed by atoms with Gasteiger partial charge in [-0.05, 0) is 24.6 Å². The number of ether oxygens (including phenoxy) is 1. The lowest BCUT2D eigenvalue weighted by Gasteiger charge is -2.10. The number of aromatic nitrogens is 2. The number of nitrogens with zero attached hydrogens (tertiary/aromatic N) is 2. The molecule has 1 aromatic heterocycles. The summed E-state index contributed by atoms with van der Waals surface area (Å²) in [5.41, 5.74) is 0.942. The highest BCUT2D eigenvalue weighted by Crippen LogP contribution is 2.31. The summed E-state index contributed by atoms with van der Waals surface area (Å²) in [5, 5.41) is 0.670. The Morgan fingerprint density at radius 1 is 1.31 bits per heavy atom. The number of hydrogen-bond donors (Lipinski definition) is 1. The van der Waals surface area contributed by atoms with Crippen LogP contribution in [0.1, 0.15) is 26.2 Å². The van der Waals surface area contributed by atoms with E-state index in [1.54, 1.807) is 12.1 Å². The first kappa shape index (κ1) is 18.1. The van der Waals surface area contributed by atoms with Crippen molar-refractivity contribution in [3.63, 3.8) is 0 Å². The Hall–Kier alpha value is -2.68. The second-order valence-corrected chi connectivity index (χ2v) is 7.49. The van der Waals surface area contributed by atoms with E-state index in [2.05, 4.69) is 15.0 Å². The van der Waals surface area contributed by atoms with Crippen LogP contribution >= 0.6 is 0 Å². The first-order valence-electron chi connectivity index (χ1n) is 8.20. The van der Waals surface area contributed by atoms with Crippen LogP contribution in [-0.2, 0) is 14.9 Å². The maximum absolute atomic E-state index is 11.9. The van der Waals surface area contributed by atoms with Gasteiger partial charge in [0.25, 0.3) is 5.91 Å². The third kappa shape index (κ3) is 3.93. The fraction of sp³-hybridized carbons (Fsp3) is 0.353. The molecule has 9 heteroatoms. The fourth-order valence-electron chi connectivity index (χ4n) is 2.51. The molecule has 2 heterocycles. The van der Waals surface area contributed by atoms with E-state index in [9.17, 15) is 13.2 Å². The lowest BCUT2D eigenvalue weighted by atomic mass is 10.2. The molecule has 1 aromatic carbocycles. The Bertz CT molecular complexity index is 1060. The standard InChI is InChI=1S/C17H19N3O5S/c1-3-4-9-26(22,23)25-11-5-6-12(14(10-11)24-2)16-18-13-7-8-15(21)19-17(13)20-16/h5-7,10H,3-4,8-9H2,1-2H3,(H,18,19,20,21). The molecule has 0 spiro atoms.